The summed E-state index contributed by atoms with van der Waals surface area (Å²) in [6.45, 7) is 1.15. The molecule has 3 heterocycles. The highest BCUT2D eigenvalue weighted by atomic mass is 79.9. The monoisotopic (exact) mass is 485 g/mol. The molecule has 5 nitrogen and oxygen atoms in total. The largest absolute Gasteiger partial charge is 0.450 e. The van der Waals surface area contributed by atoms with Gasteiger partial charge in [0.25, 0.3) is 5.91 Å². The minimum absolute atomic E-state index is 0.0186. The Morgan fingerprint density at radius 2 is 1.97 bits per heavy atom. The van der Waals surface area contributed by atoms with Crippen molar-refractivity contribution in [3.8, 4) is 0 Å². The maximum Gasteiger partial charge on any atom is 0.291 e. The normalized spacial score (nSPS) is 20.9. The molecular formula is C23H20BrNO4S. The molecule has 0 saturated carbocycles. The summed E-state index contributed by atoms with van der Waals surface area (Å²) in [5.74, 6) is -0.104. The van der Waals surface area contributed by atoms with Gasteiger partial charge in [-0.1, -0.05) is 28.1 Å². The number of hydrogen-bond donors (Lipinski definition) is 0. The highest BCUT2D eigenvalue weighted by Gasteiger charge is 2.43. The Morgan fingerprint density at radius 3 is 2.67 bits per heavy atom. The minimum atomic E-state index is -0.479. The summed E-state index contributed by atoms with van der Waals surface area (Å²) in [5.41, 5.74) is 1.58. The van der Waals surface area contributed by atoms with E-state index in [4.69, 9.17) is 9.15 Å². The van der Waals surface area contributed by atoms with E-state index in [1.54, 1.807) is 34.9 Å². The third-order valence-electron chi connectivity index (χ3n) is 5.78. The van der Waals surface area contributed by atoms with Crippen molar-refractivity contribution in [2.24, 2.45) is 0 Å². The number of amides is 1. The first-order valence-electron chi connectivity index (χ1n) is 9.89. The summed E-state index contributed by atoms with van der Waals surface area (Å²) in [6.07, 6.45) is 3.90. The van der Waals surface area contributed by atoms with Gasteiger partial charge < -0.3 is 14.1 Å². The lowest BCUT2D eigenvalue weighted by Gasteiger charge is -2.27. The summed E-state index contributed by atoms with van der Waals surface area (Å²) in [7, 11) is 0. The Morgan fingerprint density at radius 1 is 1.17 bits per heavy atom. The Balaban J connectivity index is 1.69. The number of halogens is 1. The van der Waals surface area contributed by atoms with Crippen molar-refractivity contribution >= 4 is 44.6 Å². The zero-order valence-electron chi connectivity index (χ0n) is 16.4. The van der Waals surface area contributed by atoms with Crippen LogP contribution in [0.1, 0.15) is 40.6 Å². The molecular weight excluding hydrogens is 466 g/mol. The molecule has 154 valence electrons. The summed E-state index contributed by atoms with van der Waals surface area (Å²) in [4.78, 5) is 29.8. The number of rotatable bonds is 4. The van der Waals surface area contributed by atoms with Crippen molar-refractivity contribution in [1.29, 1.82) is 0 Å². The molecule has 1 fully saturated rings. The Hall–Kier alpha value is -2.09. The van der Waals surface area contributed by atoms with E-state index in [1.807, 2.05) is 30.5 Å². The number of nitrogens with zero attached hydrogens (tertiary/aromatic N) is 1. The molecule has 2 aromatic carbocycles. The second-order valence-electron chi connectivity index (χ2n) is 7.58. The zero-order valence-corrected chi connectivity index (χ0v) is 18.8. The lowest BCUT2D eigenvalue weighted by Crippen LogP contribution is -2.36. The second kappa shape index (κ2) is 7.87. The molecule has 0 bridgehead atoms. The second-order valence-corrected chi connectivity index (χ2v) is 9.38. The molecule has 0 radical (unpaired) electrons. The molecule has 5 rings (SSSR count). The van der Waals surface area contributed by atoms with E-state index in [1.165, 1.54) is 0 Å². The maximum absolute atomic E-state index is 13.5. The van der Waals surface area contributed by atoms with Gasteiger partial charge in [0, 0.05) is 22.5 Å². The Bertz CT molecular complexity index is 1180. The molecule has 0 aliphatic carbocycles. The van der Waals surface area contributed by atoms with E-state index in [9.17, 15) is 9.59 Å². The van der Waals surface area contributed by atoms with Crippen LogP contribution in [-0.4, -0.2) is 36.3 Å². The van der Waals surface area contributed by atoms with Crippen molar-refractivity contribution < 1.29 is 13.9 Å². The average Bonchev–Trinajstić information content (AvgIpc) is 3.37. The summed E-state index contributed by atoms with van der Waals surface area (Å²) < 4.78 is 12.6. The summed E-state index contributed by atoms with van der Waals surface area (Å²) >= 11 is 5.08. The molecule has 3 aromatic rings. The number of carbonyl (C=O) groups excluding carboxylic acids is 1. The van der Waals surface area contributed by atoms with Crippen LogP contribution in [0.25, 0.3) is 11.0 Å². The molecule has 0 spiro atoms. The van der Waals surface area contributed by atoms with Crippen LogP contribution in [0.15, 0.2) is 61.0 Å². The van der Waals surface area contributed by atoms with E-state index >= 15 is 0 Å². The minimum Gasteiger partial charge on any atom is -0.450 e. The first kappa shape index (κ1) is 19.8. The van der Waals surface area contributed by atoms with Crippen molar-refractivity contribution in [3.63, 3.8) is 0 Å². The van der Waals surface area contributed by atoms with Crippen LogP contribution in [0.5, 0.6) is 0 Å². The molecule has 1 amide bonds. The number of ether oxygens (including phenoxy) is 1. The van der Waals surface area contributed by atoms with E-state index in [0.29, 0.717) is 29.7 Å². The van der Waals surface area contributed by atoms with Gasteiger partial charge in [-0.05, 0) is 55.0 Å². The highest BCUT2D eigenvalue weighted by molar-refractivity contribution is 9.10. The molecule has 2 aliphatic heterocycles. The van der Waals surface area contributed by atoms with Gasteiger partial charge in [0.05, 0.1) is 23.1 Å². The van der Waals surface area contributed by atoms with Crippen molar-refractivity contribution in [1.82, 2.24) is 4.90 Å². The van der Waals surface area contributed by atoms with Crippen LogP contribution in [0.2, 0.25) is 0 Å². The van der Waals surface area contributed by atoms with Gasteiger partial charge in [-0.3, -0.25) is 9.59 Å². The topological polar surface area (TPSA) is 59.8 Å². The van der Waals surface area contributed by atoms with Crippen LogP contribution in [0.3, 0.4) is 0 Å². The third-order valence-corrected chi connectivity index (χ3v) is 7.02. The van der Waals surface area contributed by atoms with Crippen molar-refractivity contribution in [2.75, 3.05) is 19.4 Å². The van der Waals surface area contributed by atoms with Gasteiger partial charge >= 0.3 is 0 Å². The highest BCUT2D eigenvalue weighted by Crippen LogP contribution is 2.39. The standard InChI is InChI=1S/C23H20BrNO4S/c1-30-16-7-4-13(5-8-16)20-19-21(26)17-11-14(24)6-9-18(17)29-22(19)23(27)25(20)12-15-3-2-10-28-15/h4-9,11,15,20H,2-3,10,12H2,1H3. The molecule has 2 aliphatic rings. The molecule has 1 saturated heterocycles. The maximum atomic E-state index is 13.5. The van der Waals surface area contributed by atoms with Crippen molar-refractivity contribution in [3.05, 3.63) is 74.0 Å². The number of fused-ring (bicyclic) bond motifs is 2. The van der Waals surface area contributed by atoms with Crippen LogP contribution in [0, 0.1) is 0 Å². The molecule has 0 N–H and O–H groups in total. The molecule has 1 aromatic heterocycles. The van der Waals surface area contributed by atoms with E-state index in [2.05, 4.69) is 15.9 Å². The first-order valence-corrected chi connectivity index (χ1v) is 11.9. The number of hydrogen-bond acceptors (Lipinski definition) is 5. The molecule has 2 unspecified atom stereocenters. The zero-order chi connectivity index (χ0) is 20.8. The van der Waals surface area contributed by atoms with Gasteiger partial charge in [-0.25, -0.2) is 0 Å². The number of thioether (sulfide) groups is 1. The Kier molecular flexibility index (Phi) is 5.21. The smallest absolute Gasteiger partial charge is 0.291 e. The van der Waals surface area contributed by atoms with Gasteiger partial charge in [0.1, 0.15) is 5.58 Å². The predicted molar refractivity (Wildman–Crippen MR) is 120 cm³/mol. The van der Waals surface area contributed by atoms with Crippen molar-refractivity contribution in [2.45, 2.75) is 29.9 Å². The van der Waals surface area contributed by atoms with Gasteiger partial charge in [0.2, 0.25) is 5.76 Å². The van der Waals surface area contributed by atoms with E-state index in [0.717, 1.165) is 27.8 Å². The fraction of sp³-hybridized carbons (Fsp3) is 0.304. The van der Waals surface area contributed by atoms with Crippen LogP contribution in [0.4, 0.5) is 0 Å². The molecule has 7 heteroatoms. The predicted octanol–water partition coefficient (Wildman–Crippen LogP) is 5.00. The average molecular weight is 486 g/mol. The lowest BCUT2D eigenvalue weighted by molar-refractivity contribution is 0.0486. The molecule has 30 heavy (non-hydrogen) atoms. The van der Waals surface area contributed by atoms with Gasteiger partial charge in [-0.2, -0.15) is 0 Å². The van der Waals surface area contributed by atoms with Gasteiger partial charge in [0.15, 0.2) is 5.43 Å². The fourth-order valence-electron chi connectivity index (χ4n) is 4.32. The third kappa shape index (κ3) is 3.29. The van der Waals surface area contributed by atoms with Crippen LogP contribution < -0.4 is 5.43 Å². The van der Waals surface area contributed by atoms with E-state index < -0.39 is 6.04 Å². The number of benzene rings is 2. The van der Waals surface area contributed by atoms with Gasteiger partial charge in [-0.15, -0.1) is 11.8 Å². The fourth-order valence-corrected chi connectivity index (χ4v) is 5.09. The Labute approximate surface area is 186 Å². The van der Waals surface area contributed by atoms with Crippen LogP contribution >= 0.6 is 27.7 Å². The number of carbonyl (C=O) groups is 1. The lowest BCUT2D eigenvalue weighted by atomic mass is 9.98. The van der Waals surface area contributed by atoms with E-state index in [-0.39, 0.29) is 23.2 Å². The summed E-state index contributed by atoms with van der Waals surface area (Å²) in [6, 6.07) is 12.8. The first-order chi connectivity index (χ1) is 14.6. The molecule has 2 atom stereocenters. The van der Waals surface area contributed by atoms with Crippen LogP contribution in [-0.2, 0) is 4.74 Å². The SMILES string of the molecule is CSc1ccc(C2c3c(oc4ccc(Br)cc4c3=O)C(=O)N2CC2CCCO2)cc1. The quantitative estimate of drug-likeness (QED) is 0.486. The summed E-state index contributed by atoms with van der Waals surface area (Å²) in [5, 5.41) is 0.473.